The van der Waals surface area contributed by atoms with Crippen molar-refractivity contribution >= 4 is 6.16 Å². The Labute approximate surface area is 84.4 Å². The first-order valence-corrected chi connectivity index (χ1v) is 4.07. The molecule has 3 nitrogen and oxygen atoms in total. The summed E-state index contributed by atoms with van der Waals surface area (Å²) >= 11 is 0. The molecule has 0 rings (SSSR count). The molecule has 0 N–H and O–H groups in total. The maximum absolute atomic E-state index is 11.0. The molecule has 0 saturated heterocycles. The fraction of sp³-hybridized carbons (Fsp3) is 0.364. The van der Waals surface area contributed by atoms with Gasteiger partial charge in [-0.15, -0.1) is 6.42 Å². The largest absolute Gasteiger partial charge is 0.514 e. The van der Waals surface area contributed by atoms with E-state index in [-0.39, 0.29) is 0 Å². The summed E-state index contributed by atoms with van der Waals surface area (Å²) in [4.78, 5) is 11.0. The van der Waals surface area contributed by atoms with Gasteiger partial charge in [-0.25, -0.2) is 4.79 Å². The number of terminal acetylenes is 1. The molecule has 0 aromatic rings. The molecule has 0 heterocycles. The predicted octanol–water partition coefficient (Wildman–Crippen LogP) is 2.64. The molecule has 0 aliphatic rings. The Bertz CT molecular complexity index is 292. The zero-order chi connectivity index (χ0) is 11.2. The Hall–Kier alpha value is -1.69. The van der Waals surface area contributed by atoms with Gasteiger partial charge in [0.25, 0.3) is 0 Å². The molecule has 0 amide bonds. The first-order chi connectivity index (χ1) is 6.37. The highest BCUT2D eigenvalue weighted by Gasteiger charge is 2.19. The zero-order valence-corrected chi connectivity index (χ0v) is 8.66. The third-order valence-electron chi connectivity index (χ3n) is 1.20. The summed E-state index contributed by atoms with van der Waals surface area (Å²) in [6.07, 6.45) is 7.04. The second-order valence-electron chi connectivity index (χ2n) is 3.27. The molecule has 0 aromatic carbocycles. The quantitative estimate of drug-likeness (QED) is 0.300. The molecule has 0 unspecified atom stereocenters. The normalized spacial score (nSPS) is 10.7. The molecule has 0 aliphatic heterocycles. The highest BCUT2D eigenvalue weighted by molar-refractivity contribution is 5.61. The van der Waals surface area contributed by atoms with Crippen molar-refractivity contribution in [3.63, 3.8) is 0 Å². The Morgan fingerprint density at radius 2 is 2.14 bits per heavy atom. The van der Waals surface area contributed by atoms with Gasteiger partial charge in [-0.05, 0) is 26.8 Å². The van der Waals surface area contributed by atoms with Crippen LogP contribution in [-0.2, 0) is 9.47 Å². The van der Waals surface area contributed by atoms with E-state index in [0.717, 1.165) is 5.57 Å². The van der Waals surface area contributed by atoms with Crippen molar-refractivity contribution in [2.24, 2.45) is 0 Å². The second-order valence-corrected chi connectivity index (χ2v) is 3.27. The van der Waals surface area contributed by atoms with E-state index in [9.17, 15) is 4.79 Å². The number of carbonyl (C=O) groups excluding carboxylic acids is 1. The van der Waals surface area contributed by atoms with Crippen LogP contribution >= 0.6 is 0 Å². The van der Waals surface area contributed by atoms with E-state index < -0.39 is 11.8 Å². The van der Waals surface area contributed by atoms with Crippen LogP contribution in [0.5, 0.6) is 0 Å². The third-order valence-corrected chi connectivity index (χ3v) is 1.20. The lowest BCUT2D eigenvalue weighted by Gasteiger charge is -2.16. The molecule has 0 spiro atoms. The molecular formula is C11H14O3. The van der Waals surface area contributed by atoms with E-state index in [2.05, 4.69) is 17.2 Å². The number of hydrogen-bond donors (Lipinski definition) is 0. The Kier molecular flexibility index (Phi) is 4.51. The average Bonchev–Trinajstić information content (AvgIpc) is 2.02. The summed E-state index contributed by atoms with van der Waals surface area (Å²) in [5.74, 6) is 2.31. The number of rotatable bonds is 3. The van der Waals surface area contributed by atoms with Gasteiger partial charge in [-0.1, -0.05) is 18.1 Å². The van der Waals surface area contributed by atoms with Crippen LogP contribution in [-0.4, -0.2) is 11.8 Å². The molecule has 0 atom stereocenters. The molecule has 3 heteroatoms. The Morgan fingerprint density at radius 1 is 1.57 bits per heavy atom. The van der Waals surface area contributed by atoms with Gasteiger partial charge < -0.3 is 9.47 Å². The topological polar surface area (TPSA) is 35.5 Å². The van der Waals surface area contributed by atoms with Gasteiger partial charge in [0.1, 0.15) is 0 Å². The van der Waals surface area contributed by atoms with Crippen LogP contribution in [0.15, 0.2) is 24.5 Å². The van der Waals surface area contributed by atoms with Crippen molar-refractivity contribution in [3.8, 4) is 12.3 Å². The molecule has 0 radical (unpaired) electrons. The van der Waals surface area contributed by atoms with Gasteiger partial charge in [0.15, 0.2) is 5.60 Å². The van der Waals surface area contributed by atoms with E-state index >= 15 is 0 Å². The average molecular weight is 194 g/mol. The van der Waals surface area contributed by atoms with Gasteiger partial charge in [-0.2, -0.15) is 0 Å². The van der Waals surface area contributed by atoms with E-state index in [1.807, 2.05) is 0 Å². The molecule has 0 aliphatic carbocycles. The van der Waals surface area contributed by atoms with Crippen LogP contribution in [0.3, 0.4) is 0 Å². The fourth-order valence-electron chi connectivity index (χ4n) is 0.468. The number of carbonyl (C=O) groups is 1. The second kappa shape index (κ2) is 5.13. The SMILES string of the molecule is C#CC(C)(C)OC(=O)O/C=C/C(=C)C. The summed E-state index contributed by atoms with van der Waals surface area (Å²) in [5, 5.41) is 0. The summed E-state index contributed by atoms with van der Waals surface area (Å²) in [5.41, 5.74) is -0.178. The number of ether oxygens (including phenoxy) is 2. The molecule has 14 heavy (non-hydrogen) atoms. The van der Waals surface area contributed by atoms with Crippen molar-refractivity contribution in [1.29, 1.82) is 0 Å². The number of allylic oxidation sites excluding steroid dienone is 2. The first kappa shape index (κ1) is 12.3. The van der Waals surface area contributed by atoms with Crippen LogP contribution in [0.4, 0.5) is 4.79 Å². The van der Waals surface area contributed by atoms with Crippen molar-refractivity contribution in [1.82, 2.24) is 0 Å². The standard InChI is InChI=1S/C11H14O3/c1-6-11(4,5)14-10(12)13-8-7-9(2)3/h1,7-8H,2H2,3-5H3/b8-7+. The van der Waals surface area contributed by atoms with Crippen LogP contribution in [0.2, 0.25) is 0 Å². The van der Waals surface area contributed by atoms with Gasteiger partial charge in [0, 0.05) is 0 Å². The van der Waals surface area contributed by atoms with Crippen LogP contribution in [0.25, 0.3) is 0 Å². The minimum absolute atomic E-state index is 0.772. The van der Waals surface area contributed by atoms with Crippen LogP contribution in [0, 0.1) is 12.3 Å². The maximum atomic E-state index is 11.0. The van der Waals surface area contributed by atoms with Crippen molar-refractivity contribution in [3.05, 3.63) is 24.5 Å². The number of hydrogen-bond acceptors (Lipinski definition) is 3. The molecule has 76 valence electrons. The lowest BCUT2D eigenvalue weighted by molar-refractivity contribution is 0.0310. The van der Waals surface area contributed by atoms with Gasteiger partial charge in [0.2, 0.25) is 0 Å². The molecular weight excluding hydrogens is 180 g/mol. The van der Waals surface area contributed by atoms with Crippen molar-refractivity contribution in [2.45, 2.75) is 26.4 Å². The summed E-state index contributed by atoms with van der Waals surface area (Å²) < 4.78 is 9.38. The molecule has 0 saturated carbocycles. The Morgan fingerprint density at radius 3 is 2.57 bits per heavy atom. The minimum Gasteiger partial charge on any atom is -0.415 e. The predicted molar refractivity (Wildman–Crippen MR) is 54.4 cm³/mol. The third kappa shape index (κ3) is 5.90. The Balaban J connectivity index is 4.02. The van der Waals surface area contributed by atoms with Crippen molar-refractivity contribution < 1.29 is 14.3 Å². The van der Waals surface area contributed by atoms with Crippen LogP contribution < -0.4 is 0 Å². The van der Waals surface area contributed by atoms with E-state index in [0.29, 0.717) is 0 Å². The minimum atomic E-state index is -0.950. The molecule has 0 bridgehead atoms. The van der Waals surface area contributed by atoms with Gasteiger partial charge in [0.05, 0.1) is 6.26 Å². The summed E-state index contributed by atoms with van der Waals surface area (Å²) in [6, 6.07) is 0. The van der Waals surface area contributed by atoms with E-state index in [1.165, 1.54) is 6.26 Å². The van der Waals surface area contributed by atoms with Crippen molar-refractivity contribution in [2.75, 3.05) is 0 Å². The van der Waals surface area contributed by atoms with E-state index in [4.69, 9.17) is 11.2 Å². The highest BCUT2D eigenvalue weighted by Crippen LogP contribution is 2.08. The van der Waals surface area contributed by atoms with E-state index in [1.54, 1.807) is 26.8 Å². The lowest BCUT2D eigenvalue weighted by Crippen LogP contribution is -2.25. The fourth-order valence-corrected chi connectivity index (χ4v) is 0.468. The lowest BCUT2D eigenvalue weighted by atomic mass is 10.2. The maximum Gasteiger partial charge on any atom is 0.514 e. The molecule has 0 fully saturated rings. The van der Waals surface area contributed by atoms with Gasteiger partial charge >= 0.3 is 6.16 Å². The summed E-state index contributed by atoms with van der Waals surface area (Å²) in [7, 11) is 0. The van der Waals surface area contributed by atoms with Crippen LogP contribution in [0.1, 0.15) is 20.8 Å². The first-order valence-electron chi connectivity index (χ1n) is 4.07. The summed E-state index contributed by atoms with van der Waals surface area (Å²) in [6.45, 7) is 8.55. The smallest absolute Gasteiger partial charge is 0.415 e. The zero-order valence-electron chi connectivity index (χ0n) is 8.66. The molecule has 0 aromatic heterocycles. The monoisotopic (exact) mass is 194 g/mol. The highest BCUT2D eigenvalue weighted by atomic mass is 16.7. The van der Waals surface area contributed by atoms with Gasteiger partial charge in [-0.3, -0.25) is 0 Å².